The number of nitrogens with two attached hydrogens (primary N) is 1. The van der Waals surface area contributed by atoms with Crippen molar-refractivity contribution >= 4 is 58.5 Å². The molecule has 7 rings (SSSR count). The number of urea groups is 1. The molecule has 14 heteroatoms. The van der Waals surface area contributed by atoms with E-state index < -0.39 is 64.7 Å². The Hall–Kier alpha value is -5.07. The number of nitrogens with one attached hydrogen (secondary N) is 1. The van der Waals surface area contributed by atoms with E-state index in [1.54, 1.807) is 48.5 Å². The zero-order chi connectivity index (χ0) is 34.9. The molecule has 0 unspecified atom stereocenters. The van der Waals surface area contributed by atoms with Crippen LogP contribution in [-0.4, -0.2) is 58.9 Å². The molecule has 2 aliphatic heterocycles. The first-order valence-corrected chi connectivity index (χ1v) is 16.2. The van der Waals surface area contributed by atoms with E-state index in [2.05, 4.69) is 5.43 Å². The number of likely N-dealkylation sites (tertiary alicyclic amines) is 1. The first-order valence-electron chi connectivity index (χ1n) is 15.4. The Kier molecular flexibility index (Phi) is 7.83. The number of allylic oxidation sites excluding steroid dienone is 2. The number of hydrogen-bond donors (Lipinski definition) is 3. The summed E-state index contributed by atoms with van der Waals surface area (Å²) in [5, 5.41) is 13.0. The van der Waals surface area contributed by atoms with Gasteiger partial charge in [0, 0.05) is 16.5 Å². The predicted molar refractivity (Wildman–Crippen MR) is 177 cm³/mol. The minimum Gasteiger partial charge on any atom is -0.508 e. The van der Waals surface area contributed by atoms with E-state index in [1.165, 1.54) is 32.4 Å². The summed E-state index contributed by atoms with van der Waals surface area (Å²) in [6, 6.07) is 14.8. The molecule has 6 amide bonds. The van der Waals surface area contributed by atoms with Crippen LogP contribution in [-0.2, 0) is 24.6 Å². The van der Waals surface area contributed by atoms with Gasteiger partial charge >= 0.3 is 6.03 Å². The average molecular weight is 706 g/mol. The van der Waals surface area contributed by atoms with Crippen molar-refractivity contribution in [1.29, 1.82) is 0 Å². The number of phenols is 1. The third kappa shape index (κ3) is 4.61. The average Bonchev–Trinajstić information content (AvgIpc) is 3.47. The van der Waals surface area contributed by atoms with Crippen LogP contribution < -0.4 is 20.6 Å². The van der Waals surface area contributed by atoms with E-state index in [4.69, 9.17) is 38.4 Å². The summed E-state index contributed by atoms with van der Waals surface area (Å²) in [6.07, 6.45) is 1.79. The number of carbonyl (C=O) groups is 5. The van der Waals surface area contributed by atoms with E-state index in [9.17, 15) is 24.3 Å². The molecule has 4 N–H and O–H groups in total. The van der Waals surface area contributed by atoms with Crippen LogP contribution in [0.2, 0.25) is 10.0 Å². The molecule has 3 aromatic rings. The highest BCUT2D eigenvalue weighted by Crippen LogP contribution is 2.66. The smallest absolute Gasteiger partial charge is 0.328 e. The molecule has 49 heavy (non-hydrogen) atoms. The van der Waals surface area contributed by atoms with Crippen molar-refractivity contribution in [2.75, 3.05) is 19.6 Å². The van der Waals surface area contributed by atoms with Gasteiger partial charge in [0.25, 0.3) is 11.8 Å². The molecule has 0 radical (unpaired) electrons. The van der Waals surface area contributed by atoms with E-state index in [-0.39, 0.29) is 40.6 Å². The van der Waals surface area contributed by atoms with Gasteiger partial charge < -0.3 is 20.3 Å². The predicted octanol–water partition coefficient (Wildman–Crippen LogP) is 4.78. The van der Waals surface area contributed by atoms with Crippen LogP contribution in [0.5, 0.6) is 17.2 Å². The molecule has 3 aromatic carbocycles. The number of anilines is 1. The van der Waals surface area contributed by atoms with Crippen LogP contribution in [0.15, 0.2) is 72.3 Å². The maximum atomic E-state index is 15.3. The van der Waals surface area contributed by atoms with Gasteiger partial charge in [-0.2, -0.15) is 9.91 Å². The molecule has 6 atom stereocenters. The van der Waals surface area contributed by atoms with Gasteiger partial charge in [-0.25, -0.2) is 4.79 Å². The lowest BCUT2D eigenvalue weighted by Crippen LogP contribution is -2.53. The molecule has 12 nitrogen and oxygen atoms in total. The van der Waals surface area contributed by atoms with E-state index in [0.717, 1.165) is 5.01 Å². The van der Waals surface area contributed by atoms with Gasteiger partial charge in [0.1, 0.15) is 17.2 Å². The Morgan fingerprint density at radius 3 is 2.35 bits per heavy atom. The summed E-state index contributed by atoms with van der Waals surface area (Å²) >= 11 is 12.6. The Balaban J connectivity index is 1.50. The maximum Gasteiger partial charge on any atom is 0.328 e. The van der Waals surface area contributed by atoms with Crippen molar-refractivity contribution in [3.8, 4) is 17.2 Å². The summed E-state index contributed by atoms with van der Waals surface area (Å²) in [6.45, 7) is 0. The van der Waals surface area contributed by atoms with Crippen molar-refractivity contribution in [2.45, 2.75) is 24.2 Å². The van der Waals surface area contributed by atoms with Crippen molar-refractivity contribution in [1.82, 2.24) is 9.91 Å². The second kappa shape index (κ2) is 11.8. The second-order valence-corrected chi connectivity index (χ2v) is 13.3. The summed E-state index contributed by atoms with van der Waals surface area (Å²) < 4.78 is 11.2. The molecule has 4 aliphatic rings. The van der Waals surface area contributed by atoms with Crippen LogP contribution in [0.25, 0.3) is 0 Å². The lowest BCUT2D eigenvalue weighted by molar-refractivity contribution is -0.139. The fraction of sp³-hybridized carbons (Fsp3) is 0.286. The van der Waals surface area contributed by atoms with Gasteiger partial charge in [0.05, 0.1) is 48.1 Å². The Labute approximate surface area is 290 Å². The Morgan fingerprint density at radius 2 is 1.69 bits per heavy atom. The first-order chi connectivity index (χ1) is 23.4. The highest BCUT2D eigenvalue weighted by Gasteiger charge is 2.71. The third-order valence-electron chi connectivity index (χ3n) is 10.4. The molecule has 2 saturated heterocycles. The minimum atomic E-state index is -1.72. The number of fused-ring (bicyclic) bond motifs is 4. The number of amides is 6. The monoisotopic (exact) mass is 704 g/mol. The molecule has 0 bridgehead atoms. The number of primary amides is 1. The van der Waals surface area contributed by atoms with Gasteiger partial charge in [-0.1, -0.05) is 53.1 Å². The van der Waals surface area contributed by atoms with Crippen LogP contribution in [0.1, 0.15) is 29.9 Å². The molecule has 1 saturated carbocycles. The standard InChI is InChI=1S/C35H30Cl2N4O8/c1-48-18-9-6-16(7-10-18)35-22(31(44)41(33(35)46)39-24-13-8-17(36)14-23(24)37)15-21-19(29(35)28-25(42)4-3-5-26(28)49-2)11-12-20-27(21)32(45)40(30(20)43)34(38)47/h3-11,13-14,20-22,27,29,39,42H,12,15H2,1-2H3,(H2,38,47)/t20-,21+,22-,27-,29+,35+/m0/s1. The number of aromatic hydroxyl groups is 1. The Bertz CT molecular complexity index is 1980. The number of halogens is 2. The highest BCUT2D eigenvalue weighted by molar-refractivity contribution is 6.36. The fourth-order valence-electron chi connectivity index (χ4n) is 8.38. The van der Waals surface area contributed by atoms with Crippen LogP contribution in [0, 0.1) is 23.7 Å². The zero-order valence-electron chi connectivity index (χ0n) is 26.2. The first kappa shape index (κ1) is 32.5. The third-order valence-corrected chi connectivity index (χ3v) is 10.9. The SMILES string of the molecule is COc1ccc([C@@]23C(=O)N(Nc4ccc(Cl)cc4Cl)C(=O)[C@@H]2C[C@@H]2C(=CC[C@@H]4C(=O)N(C(N)=O)C(=O)[C@@H]42)[C@@H]3c2c(O)cccc2OC)cc1. The molecule has 0 spiro atoms. The largest absolute Gasteiger partial charge is 0.508 e. The molecule has 3 fully saturated rings. The number of nitrogens with zero attached hydrogens (tertiary/aromatic N) is 2. The van der Waals surface area contributed by atoms with E-state index in [0.29, 0.717) is 26.8 Å². The molecular formula is C35H30Cl2N4O8. The number of imide groups is 4. The van der Waals surface area contributed by atoms with Gasteiger partial charge in [-0.05, 0) is 66.8 Å². The molecule has 2 aliphatic carbocycles. The summed E-state index contributed by atoms with van der Waals surface area (Å²) in [4.78, 5) is 69.8. The summed E-state index contributed by atoms with van der Waals surface area (Å²) in [7, 11) is 2.92. The van der Waals surface area contributed by atoms with Crippen LogP contribution >= 0.6 is 23.2 Å². The maximum absolute atomic E-state index is 15.3. The number of methoxy groups -OCH3 is 2. The fourth-order valence-corrected chi connectivity index (χ4v) is 8.83. The number of rotatable bonds is 6. The number of hydrazine groups is 1. The molecule has 2 heterocycles. The number of carbonyl (C=O) groups excluding carboxylic acids is 5. The number of hydrogen-bond acceptors (Lipinski definition) is 9. The highest BCUT2D eigenvalue weighted by atomic mass is 35.5. The normalized spacial score (nSPS) is 27.3. The van der Waals surface area contributed by atoms with E-state index >= 15 is 4.79 Å². The molecule has 0 aromatic heterocycles. The van der Waals surface area contributed by atoms with Crippen molar-refractivity contribution in [3.63, 3.8) is 0 Å². The van der Waals surface area contributed by atoms with Crippen molar-refractivity contribution in [2.24, 2.45) is 29.4 Å². The van der Waals surface area contributed by atoms with Gasteiger partial charge in [-0.3, -0.25) is 24.6 Å². The summed E-state index contributed by atoms with van der Waals surface area (Å²) in [5.41, 5.74) is 8.10. The van der Waals surface area contributed by atoms with Crippen LogP contribution in [0.4, 0.5) is 10.5 Å². The van der Waals surface area contributed by atoms with Gasteiger partial charge in [0.15, 0.2) is 0 Å². The second-order valence-electron chi connectivity index (χ2n) is 12.5. The number of ether oxygens (including phenoxy) is 2. The Morgan fingerprint density at radius 1 is 0.959 bits per heavy atom. The van der Waals surface area contributed by atoms with E-state index in [1.807, 2.05) is 0 Å². The molecular weight excluding hydrogens is 675 g/mol. The van der Waals surface area contributed by atoms with Gasteiger partial charge in [-0.15, -0.1) is 0 Å². The van der Waals surface area contributed by atoms with Crippen LogP contribution in [0.3, 0.4) is 0 Å². The van der Waals surface area contributed by atoms with Crippen molar-refractivity contribution in [3.05, 3.63) is 93.5 Å². The zero-order valence-corrected chi connectivity index (χ0v) is 27.7. The number of phenolic OH excluding ortho intramolecular Hbond substituents is 1. The summed E-state index contributed by atoms with van der Waals surface area (Å²) in [5.74, 6) is -7.19. The van der Waals surface area contributed by atoms with Gasteiger partial charge in [0.2, 0.25) is 11.8 Å². The number of benzene rings is 3. The van der Waals surface area contributed by atoms with Crippen molar-refractivity contribution < 1.29 is 38.6 Å². The lowest BCUT2D eigenvalue weighted by Gasteiger charge is -2.50. The topological polar surface area (TPSA) is 169 Å². The quantitative estimate of drug-likeness (QED) is 0.242. The molecule has 252 valence electrons. The minimum absolute atomic E-state index is 0.0475. The lowest BCUT2D eigenvalue weighted by atomic mass is 9.49.